The van der Waals surface area contributed by atoms with Crippen LogP contribution in [0.2, 0.25) is 9.62 Å². The third kappa shape index (κ3) is 2.94. The van der Waals surface area contributed by atoms with Gasteiger partial charge in [0.25, 0.3) is 0 Å². The smallest absolute Gasteiger partial charge is 0.185 e. The van der Waals surface area contributed by atoms with Crippen molar-refractivity contribution in [3.63, 3.8) is 0 Å². The van der Waals surface area contributed by atoms with E-state index in [9.17, 15) is 0 Å². The molecule has 0 aliphatic rings. The Hall–Kier alpha value is -1.60. The van der Waals surface area contributed by atoms with Crippen LogP contribution in [0, 0.1) is 22.7 Å². The van der Waals surface area contributed by atoms with E-state index in [0.717, 1.165) is 11.3 Å². The standard InChI is InChI=1S/C8H3Cl2N5S/c9-7-6(16-8(10)15-7)3-14-5(2-12)4(13)1-11/h3H,13H2. The van der Waals surface area contributed by atoms with Crippen molar-refractivity contribution in [3.8, 4) is 12.1 Å². The molecule has 0 saturated heterocycles. The summed E-state index contributed by atoms with van der Waals surface area (Å²) in [5, 5.41) is 17.3. The number of rotatable bonds is 2. The Bertz CT molecular complexity index is 546. The minimum absolute atomic E-state index is 0.178. The summed E-state index contributed by atoms with van der Waals surface area (Å²) < 4.78 is 0.266. The number of hydrogen-bond acceptors (Lipinski definition) is 6. The second-order valence-corrected chi connectivity index (χ2v) is 4.34. The summed E-state index contributed by atoms with van der Waals surface area (Å²) in [7, 11) is 0. The van der Waals surface area contributed by atoms with Gasteiger partial charge < -0.3 is 5.73 Å². The number of nitriles is 2. The van der Waals surface area contributed by atoms with Crippen molar-refractivity contribution in [2.45, 2.75) is 0 Å². The van der Waals surface area contributed by atoms with Gasteiger partial charge in [0.1, 0.15) is 17.8 Å². The molecule has 5 nitrogen and oxygen atoms in total. The van der Waals surface area contributed by atoms with Crippen LogP contribution in [0.4, 0.5) is 0 Å². The fraction of sp³-hybridized carbons (Fsp3) is 0. The number of nitrogens with zero attached hydrogens (tertiary/aromatic N) is 4. The van der Waals surface area contributed by atoms with E-state index in [0.29, 0.717) is 4.88 Å². The van der Waals surface area contributed by atoms with Crippen molar-refractivity contribution < 1.29 is 0 Å². The number of allylic oxidation sites excluding steroid dienone is 2. The molecule has 1 rings (SSSR count). The number of aromatic nitrogens is 1. The number of hydrogen-bond donors (Lipinski definition) is 1. The predicted molar refractivity (Wildman–Crippen MR) is 62.2 cm³/mol. The number of aliphatic imine (C=N–C) groups is 1. The Labute approximate surface area is 105 Å². The molecule has 0 aliphatic heterocycles. The molecule has 0 aromatic carbocycles. The summed E-state index contributed by atoms with van der Waals surface area (Å²) in [6, 6.07) is 3.31. The van der Waals surface area contributed by atoms with Crippen LogP contribution in [0.25, 0.3) is 0 Å². The van der Waals surface area contributed by atoms with Gasteiger partial charge in [0.2, 0.25) is 0 Å². The molecule has 0 unspecified atom stereocenters. The Morgan fingerprint density at radius 2 is 2.12 bits per heavy atom. The molecule has 0 amide bonds. The van der Waals surface area contributed by atoms with Gasteiger partial charge in [0.15, 0.2) is 15.3 Å². The van der Waals surface area contributed by atoms with Gasteiger partial charge >= 0.3 is 0 Å². The first-order valence-electron chi connectivity index (χ1n) is 3.74. The maximum Gasteiger partial charge on any atom is 0.185 e. The van der Waals surface area contributed by atoms with E-state index in [1.807, 2.05) is 0 Å². The zero-order chi connectivity index (χ0) is 12.1. The molecule has 0 aliphatic carbocycles. The topological polar surface area (TPSA) is 98.8 Å². The van der Waals surface area contributed by atoms with Crippen molar-refractivity contribution in [2.75, 3.05) is 0 Å². The maximum atomic E-state index is 8.66. The molecule has 1 aromatic rings. The quantitative estimate of drug-likeness (QED) is 0.658. The number of halogens is 2. The lowest BCUT2D eigenvalue weighted by molar-refractivity contribution is 1.27. The molecule has 0 radical (unpaired) electrons. The average molecular weight is 272 g/mol. The van der Waals surface area contributed by atoms with E-state index in [1.165, 1.54) is 6.21 Å². The highest BCUT2D eigenvalue weighted by Gasteiger charge is 2.06. The van der Waals surface area contributed by atoms with Gasteiger partial charge in [-0.1, -0.05) is 34.5 Å². The Kier molecular flexibility index (Phi) is 4.27. The van der Waals surface area contributed by atoms with E-state index in [4.69, 9.17) is 39.5 Å². The van der Waals surface area contributed by atoms with Crippen LogP contribution in [-0.2, 0) is 0 Å². The lowest BCUT2D eigenvalue weighted by Crippen LogP contribution is -1.97. The van der Waals surface area contributed by atoms with Crippen LogP contribution in [0.3, 0.4) is 0 Å². The summed E-state index contributed by atoms with van der Waals surface area (Å²) in [5.41, 5.74) is 4.81. The van der Waals surface area contributed by atoms with E-state index in [1.54, 1.807) is 12.1 Å². The van der Waals surface area contributed by atoms with E-state index in [-0.39, 0.29) is 21.0 Å². The Morgan fingerprint density at radius 3 is 2.56 bits per heavy atom. The van der Waals surface area contributed by atoms with Crippen LogP contribution in [0.5, 0.6) is 0 Å². The van der Waals surface area contributed by atoms with Crippen molar-refractivity contribution >= 4 is 40.8 Å². The van der Waals surface area contributed by atoms with Crippen LogP contribution >= 0.6 is 34.5 Å². The summed E-state index contributed by atoms with van der Waals surface area (Å²) in [5.74, 6) is 0. The molecule has 1 aromatic heterocycles. The molecule has 80 valence electrons. The second kappa shape index (κ2) is 5.47. The summed E-state index contributed by atoms with van der Waals surface area (Å²) >= 11 is 12.4. The highest BCUT2D eigenvalue weighted by molar-refractivity contribution is 7.17. The van der Waals surface area contributed by atoms with Crippen LogP contribution in [-0.4, -0.2) is 11.2 Å². The third-order valence-electron chi connectivity index (χ3n) is 1.38. The second-order valence-electron chi connectivity index (χ2n) is 2.37. The molecule has 2 N–H and O–H groups in total. The Balaban J connectivity index is 3.03. The predicted octanol–water partition coefficient (Wildman–Crippen LogP) is 2.09. The van der Waals surface area contributed by atoms with Gasteiger partial charge in [0.05, 0.1) is 4.88 Å². The number of thiazole rings is 1. The number of nitrogens with two attached hydrogens (primary N) is 1. The Morgan fingerprint density at radius 1 is 1.44 bits per heavy atom. The zero-order valence-electron chi connectivity index (χ0n) is 7.61. The molecule has 8 heteroatoms. The first-order chi connectivity index (χ1) is 7.58. The average Bonchev–Trinajstić information content (AvgIpc) is 2.58. The van der Waals surface area contributed by atoms with Crippen molar-refractivity contribution in [1.82, 2.24) is 4.98 Å². The SMILES string of the molecule is N#CC(N)=C(C#N)N=Cc1sc(Cl)nc1Cl. The van der Waals surface area contributed by atoms with Gasteiger partial charge in [-0.3, -0.25) is 0 Å². The molecular weight excluding hydrogens is 269 g/mol. The van der Waals surface area contributed by atoms with Crippen LogP contribution in [0.1, 0.15) is 4.88 Å². The van der Waals surface area contributed by atoms with Crippen LogP contribution < -0.4 is 5.73 Å². The van der Waals surface area contributed by atoms with Gasteiger partial charge in [-0.25, -0.2) is 9.98 Å². The lowest BCUT2D eigenvalue weighted by Gasteiger charge is -1.89. The lowest BCUT2D eigenvalue weighted by atomic mass is 10.4. The largest absolute Gasteiger partial charge is 0.388 e. The third-order valence-corrected chi connectivity index (χ3v) is 2.87. The fourth-order valence-corrected chi connectivity index (χ4v) is 1.93. The highest BCUT2D eigenvalue weighted by atomic mass is 35.5. The van der Waals surface area contributed by atoms with Crippen LogP contribution in [0.15, 0.2) is 16.4 Å². The summed E-state index contributed by atoms with van der Waals surface area (Å²) in [6.45, 7) is 0. The molecule has 0 bridgehead atoms. The first-order valence-corrected chi connectivity index (χ1v) is 5.31. The minimum atomic E-state index is -0.259. The molecule has 0 spiro atoms. The minimum Gasteiger partial charge on any atom is -0.388 e. The molecule has 16 heavy (non-hydrogen) atoms. The molecular formula is C8H3Cl2N5S. The van der Waals surface area contributed by atoms with Gasteiger partial charge in [-0.15, -0.1) is 0 Å². The van der Waals surface area contributed by atoms with Gasteiger partial charge in [-0.05, 0) is 0 Å². The zero-order valence-corrected chi connectivity index (χ0v) is 9.94. The highest BCUT2D eigenvalue weighted by Crippen LogP contribution is 2.24. The molecule has 0 atom stereocenters. The summed E-state index contributed by atoms with van der Waals surface area (Å²) in [6.07, 6.45) is 1.29. The van der Waals surface area contributed by atoms with Gasteiger partial charge in [-0.2, -0.15) is 10.5 Å². The fourth-order valence-electron chi connectivity index (χ4n) is 0.702. The molecule has 0 fully saturated rings. The first kappa shape index (κ1) is 12.5. The van der Waals surface area contributed by atoms with Crippen molar-refractivity contribution in [2.24, 2.45) is 10.7 Å². The van der Waals surface area contributed by atoms with E-state index < -0.39 is 0 Å². The molecule has 0 saturated carbocycles. The van der Waals surface area contributed by atoms with Crippen molar-refractivity contribution in [1.29, 1.82) is 10.5 Å². The normalized spacial score (nSPS) is 12.0. The molecule has 1 heterocycles. The van der Waals surface area contributed by atoms with E-state index in [2.05, 4.69) is 9.98 Å². The summed E-state index contributed by atoms with van der Waals surface area (Å²) in [4.78, 5) is 7.96. The van der Waals surface area contributed by atoms with E-state index >= 15 is 0 Å². The monoisotopic (exact) mass is 271 g/mol. The maximum absolute atomic E-state index is 8.66. The van der Waals surface area contributed by atoms with Crippen molar-refractivity contribution in [3.05, 3.63) is 25.9 Å². The van der Waals surface area contributed by atoms with Gasteiger partial charge in [0, 0.05) is 6.21 Å².